The maximum absolute atomic E-state index is 10.9. The Morgan fingerprint density at radius 1 is 1.65 bits per heavy atom. The summed E-state index contributed by atoms with van der Waals surface area (Å²) in [7, 11) is 1.71. The number of hydrogen-bond donors (Lipinski definition) is 0. The minimum absolute atomic E-state index is 0.0997. The second-order valence-corrected chi connectivity index (χ2v) is 4.53. The van der Waals surface area contributed by atoms with E-state index in [9.17, 15) is 10.1 Å². The van der Waals surface area contributed by atoms with Gasteiger partial charge < -0.3 is 4.90 Å². The number of alkyl halides is 1. The summed E-state index contributed by atoms with van der Waals surface area (Å²) >= 11 is 8.81. The Morgan fingerprint density at radius 3 is 2.76 bits per heavy atom. The summed E-state index contributed by atoms with van der Waals surface area (Å²) in [5.41, 5.74) is 0.568. The van der Waals surface area contributed by atoms with Gasteiger partial charge in [0, 0.05) is 30.0 Å². The van der Waals surface area contributed by atoms with Crippen molar-refractivity contribution in [3.63, 3.8) is 0 Å². The van der Waals surface area contributed by atoms with Crippen LogP contribution in [0, 0.1) is 21.4 Å². The zero-order valence-electron chi connectivity index (χ0n) is 8.98. The number of nitriles is 1. The molecule has 0 radical (unpaired) electrons. The molecule has 1 rings (SSSR count). The average molecular weight is 319 g/mol. The molecule has 5 nitrogen and oxygen atoms in total. The smallest absolute Gasteiger partial charge is 0.293 e. The van der Waals surface area contributed by atoms with Gasteiger partial charge in [0.05, 0.1) is 10.5 Å². The fraction of sp³-hybridized carbons (Fsp3) is 0.300. The molecule has 0 aliphatic heterocycles. The lowest BCUT2D eigenvalue weighted by Crippen LogP contribution is -2.20. The number of nitrogens with zero attached hydrogens (tertiary/aromatic N) is 3. The van der Waals surface area contributed by atoms with E-state index in [0.717, 1.165) is 0 Å². The zero-order valence-corrected chi connectivity index (χ0v) is 11.3. The molecule has 1 aromatic rings. The molecule has 1 aromatic carbocycles. The third kappa shape index (κ3) is 3.08. The molecular formula is C10H9BrClN3O2. The standard InChI is InChI=1S/C10H9BrClN3O2/c1-14(3-2-12)9-5-8(11)7(6-13)4-10(9)15(16)17/h4-5H,2-3H2,1H3. The van der Waals surface area contributed by atoms with E-state index in [1.807, 2.05) is 6.07 Å². The van der Waals surface area contributed by atoms with Crippen LogP contribution in [0.5, 0.6) is 0 Å². The number of anilines is 1. The van der Waals surface area contributed by atoms with Gasteiger partial charge in [-0.3, -0.25) is 10.1 Å². The van der Waals surface area contributed by atoms with E-state index in [4.69, 9.17) is 16.9 Å². The molecule has 0 atom stereocenters. The van der Waals surface area contributed by atoms with Crippen molar-refractivity contribution in [1.82, 2.24) is 0 Å². The van der Waals surface area contributed by atoms with Gasteiger partial charge >= 0.3 is 0 Å². The van der Waals surface area contributed by atoms with E-state index in [1.165, 1.54) is 6.07 Å². The molecule has 7 heteroatoms. The van der Waals surface area contributed by atoms with Gasteiger partial charge in [0.15, 0.2) is 0 Å². The van der Waals surface area contributed by atoms with E-state index < -0.39 is 4.92 Å². The number of halogens is 2. The molecule has 0 N–H and O–H groups in total. The van der Waals surface area contributed by atoms with Gasteiger partial charge in [-0.25, -0.2) is 0 Å². The van der Waals surface area contributed by atoms with Gasteiger partial charge in [0.25, 0.3) is 5.69 Å². The van der Waals surface area contributed by atoms with Crippen LogP contribution in [0.1, 0.15) is 5.56 Å². The third-order valence-corrected chi connectivity index (χ3v) is 3.04. The Bertz CT molecular complexity index is 487. The normalized spacial score (nSPS) is 9.76. The maximum atomic E-state index is 10.9. The third-order valence-electron chi connectivity index (χ3n) is 2.21. The molecule has 0 saturated carbocycles. The van der Waals surface area contributed by atoms with Gasteiger partial charge in [-0.1, -0.05) is 0 Å². The lowest BCUT2D eigenvalue weighted by atomic mass is 10.1. The first-order chi connectivity index (χ1) is 8.01. The van der Waals surface area contributed by atoms with Crippen LogP contribution in [0.3, 0.4) is 0 Å². The predicted octanol–water partition coefficient (Wildman–Crippen LogP) is 2.90. The van der Waals surface area contributed by atoms with E-state index in [-0.39, 0.29) is 11.3 Å². The van der Waals surface area contributed by atoms with E-state index >= 15 is 0 Å². The van der Waals surface area contributed by atoms with E-state index in [1.54, 1.807) is 18.0 Å². The first kappa shape index (κ1) is 13.7. The summed E-state index contributed by atoms with van der Waals surface area (Å²) in [6.45, 7) is 0.487. The highest BCUT2D eigenvalue weighted by molar-refractivity contribution is 9.10. The Labute approximate surface area is 112 Å². The van der Waals surface area contributed by atoms with Gasteiger partial charge in [-0.05, 0) is 22.0 Å². The summed E-state index contributed by atoms with van der Waals surface area (Å²) in [4.78, 5) is 12.1. The van der Waals surface area contributed by atoms with Crippen molar-refractivity contribution >= 4 is 38.9 Å². The van der Waals surface area contributed by atoms with Crippen LogP contribution < -0.4 is 4.90 Å². The second-order valence-electron chi connectivity index (χ2n) is 3.30. The van der Waals surface area contributed by atoms with E-state index in [2.05, 4.69) is 15.9 Å². The van der Waals surface area contributed by atoms with Crippen molar-refractivity contribution in [1.29, 1.82) is 5.26 Å². The number of hydrogen-bond acceptors (Lipinski definition) is 4. The van der Waals surface area contributed by atoms with Crippen molar-refractivity contribution in [3.05, 3.63) is 32.3 Å². The molecule has 0 fully saturated rings. The summed E-state index contributed by atoms with van der Waals surface area (Å²) in [5, 5.41) is 19.8. The van der Waals surface area contributed by atoms with Crippen LogP contribution in [0.25, 0.3) is 0 Å². The molecule has 0 aliphatic rings. The Balaban J connectivity index is 3.33. The van der Waals surface area contributed by atoms with Crippen molar-refractivity contribution in [2.45, 2.75) is 0 Å². The molecule has 0 unspecified atom stereocenters. The minimum atomic E-state index is -0.507. The molecule has 0 heterocycles. The van der Waals surface area contributed by atoms with Crippen LogP contribution in [-0.2, 0) is 0 Å². The molecule has 17 heavy (non-hydrogen) atoms. The maximum Gasteiger partial charge on any atom is 0.293 e. The topological polar surface area (TPSA) is 70.2 Å². The largest absolute Gasteiger partial charge is 0.368 e. The SMILES string of the molecule is CN(CCCl)c1cc(Br)c(C#N)cc1[N+](=O)[O-]. The number of nitro groups is 1. The van der Waals surface area contributed by atoms with Crippen molar-refractivity contribution in [3.8, 4) is 6.07 Å². The summed E-state index contributed by atoms with van der Waals surface area (Å²) in [6, 6.07) is 4.71. The quantitative estimate of drug-likeness (QED) is 0.486. The molecule has 0 amide bonds. The van der Waals surface area contributed by atoms with Crippen molar-refractivity contribution in [2.24, 2.45) is 0 Å². The monoisotopic (exact) mass is 317 g/mol. The van der Waals surface area contributed by atoms with Crippen LogP contribution in [-0.4, -0.2) is 24.4 Å². The molecule has 0 bridgehead atoms. The van der Waals surface area contributed by atoms with Crippen molar-refractivity contribution in [2.75, 3.05) is 24.4 Å². The molecule has 0 spiro atoms. The molecule has 90 valence electrons. The van der Waals surface area contributed by atoms with Crippen molar-refractivity contribution < 1.29 is 4.92 Å². The lowest BCUT2D eigenvalue weighted by Gasteiger charge is -2.18. The summed E-state index contributed by atoms with van der Waals surface area (Å²) in [6.07, 6.45) is 0. The number of nitro benzene ring substituents is 1. The second kappa shape index (κ2) is 5.84. The molecular weight excluding hydrogens is 309 g/mol. The van der Waals surface area contributed by atoms with Gasteiger partial charge in [0.1, 0.15) is 11.8 Å². The molecule has 0 aliphatic carbocycles. The number of rotatable bonds is 4. The highest BCUT2D eigenvalue weighted by atomic mass is 79.9. The summed E-state index contributed by atoms with van der Waals surface area (Å²) in [5.74, 6) is 0.366. The first-order valence-corrected chi connectivity index (χ1v) is 5.99. The minimum Gasteiger partial charge on any atom is -0.368 e. The fourth-order valence-corrected chi connectivity index (χ4v) is 2.01. The first-order valence-electron chi connectivity index (χ1n) is 4.66. The Morgan fingerprint density at radius 2 is 2.29 bits per heavy atom. The van der Waals surface area contributed by atoms with Gasteiger partial charge in [0.2, 0.25) is 0 Å². The van der Waals surface area contributed by atoms with Crippen LogP contribution in [0.2, 0.25) is 0 Å². The van der Waals surface area contributed by atoms with Gasteiger partial charge in [-0.15, -0.1) is 11.6 Å². The van der Waals surface area contributed by atoms with Crippen LogP contribution >= 0.6 is 27.5 Å². The van der Waals surface area contributed by atoms with E-state index in [0.29, 0.717) is 22.6 Å². The van der Waals surface area contributed by atoms with Crippen LogP contribution in [0.4, 0.5) is 11.4 Å². The molecule has 0 saturated heterocycles. The zero-order chi connectivity index (χ0) is 13.0. The summed E-state index contributed by atoms with van der Waals surface area (Å²) < 4.78 is 0.530. The van der Waals surface area contributed by atoms with Gasteiger partial charge in [-0.2, -0.15) is 5.26 Å². The Hall–Kier alpha value is -1.32. The van der Waals surface area contributed by atoms with Crippen LogP contribution in [0.15, 0.2) is 16.6 Å². The predicted molar refractivity (Wildman–Crippen MR) is 69.5 cm³/mol. The average Bonchev–Trinajstić information content (AvgIpc) is 2.28. The highest BCUT2D eigenvalue weighted by Gasteiger charge is 2.20. The lowest BCUT2D eigenvalue weighted by molar-refractivity contribution is -0.384. The number of benzene rings is 1. The highest BCUT2D eigenvalue weighted by Crippen LogP contribution is 2.33. The Kier molecular flexibility index (Phi) is 4.73. The molecule has 0 aromatic heterocycles. The fourth-order valence-electron chi connectivity index (χ4n) is 1.34.